The molecule has 0 radical (unpaired) electrons. The van der Waals surface area contributed by atoms with Crippen molar-refractivity contribution in [1.82, 2.24) is 0 Å². The molecule has 0 spiro atoms. The molecule has 0 atom stereocenters. The summed E-state index contributed by atoms with van der Waals surface area (Å²) in [6.45, 7) is 15.0. The quantitative estimate of drug-likeness (QED) is 0.479. The average Bonchev–Trinajstić information content (AvgIpc) is 2.48. The first-order chi connectivity index (χ1) is 9.24. The number of hydrogen-bond donors (Lipinski definition) is 1. The van der Waals surface area contributed by atoms with E-state index in [-0.39, 0.29) is 0 Å². The molecule has 19 heavy (non-hydrogen) atoms. The van der Waals surface area contributed by atoms with E-state index in [1.165, 1.54) is 82.0 Å². The molecule has 1 N–H and O–H groups in total. The van der Waals surface area contributed by atoms with Crippen molar-refractivity contribution < 1.29 is 8.68 Å². The van der Waals surface area contributed by atoms with E-state index in [9.17, 15) is 0 Å². The number of unbranched alkanes of at least 4 members (excludes halogenated alkanes) is 4. The Morgan fingerprint density at radius 1 is 0.579 bits per heavy atom. The Kier molecular flexibility index (Phi) is 18.8. The summed E-state index contributed by atoms with van der Waals surface area (Å²) in [6, 6.07) is 0. The third kappa shape index (κ3) is 11.9. The summed E-state index contributed by atoms with van der Waals surface area (Å²) in [6.07, 6.45) is 11.1. The molecule has 118 valence electrons. The van der Waals surface area contributed by atoms with E-state index in [2.05, 4.69) is 27.7 Å². The van der Waals surface area contributed by atoms with E-state index in [4.69, 9.17) is 4.20 Å². The Morgan fingerprint density at radius 2 is 0.789 bits per heavy atom. The third-order valence-electron chi connectivity index (χ3n) is 3.94. The van der Waals surface area contributed by atoms with Crippen molar-refractivity contribution in [2.24, 2.45) is 0 Å². The topological polar surface area (TPSA) is 20.2 Å². The van der Waals surface area contributed by atoms with Crippen LogP contribution in [0.5, 0.6) is 0 Å². The van der Waals surface area contributed by atoms with Gasteiger partial charge in [0, 0.05) is 0 Å². The number of halogens is 1. The number of hydrogen-bond acceptors (Lipinski definition) is 1. The molecule has 0 aromatic carbocycles. The van der Waals surface area contributed by atoms with Gasteiger partial charge in [0.05, 0.1) is 42.4 Å². The Morgan fingerprint density at radius 3 is 0.947 bits per heavy atom. The van der Waals surface area contributed by atoms with Gasteiger partial charge in [-0.15, -0.1) is 0 Å². The van der Waals surface area contributed by atoms with Gasteiger partial charge in [0.1, 0.15) is 0 Å². The molecular formula is C16H37BrNO+. The first-order valence-corrected chi connectivity index (χ1v) is 8.97. The molecule has 0 heterocycles. The lowest BCUT2D eigenvalue weighted by molar-refractivity contribution is -0.929. The molecule has 0 saturated heterocycles. The Hall–Kier alpha value is 0.400. The lowest BCUT2D eigenvalue weighted by atomic mass is 10.1. The van der Waals surface area contributed by atoms with Crippen LogP contribution in [0.3, 0.4) is 0 Å². The minimum atomic E-state index is 1.35. The van der Waals surface area contributed by atoms with Crippen LogP contribution in [-0.4, -0.2) is 34.9 Å². The smallest absolute Gasteiger partial charge is 0.0957 e. The molecule has 0 bridgehead atoms. The second kappa shape index (κ2) is 16.5. The van der Waals surface area contributed by atoms with E-state index < -0.39 is 0 Å². The van der Waals surface area contributed by atoms with Gasteiger partial charge in [0.15, 0.2) is 0 Å². The molecule has 3 heteroatoms. The summed E-state index contributed by atoms with van der Waals surface area (Å²) >= 11 is 1.94. The lowest BCUT2D eigenvalue weighted by Gasteiger charge is -2.39. The number of quaternary nitrogens is 1. The van der Waals surface area contributed by atoms with Gasteiger partial charge in [-0.25, -0.2) is 0 Å². The van der Waals surface area contributed by atoms with Crippen LogP contribution in [-0.2, 0) is 0 Å². The van der Waals surface area contributed by atoms with E-state index in [0.717, 1.165) is 0 Å². The normalized spacial score (nSPS) is 11.1. The summed E-state index contributed by atoms with van der Waals surface area (Å²) in [5, 5.41) is 0. The van der Waals surface area contributed by atoms with Crippen molar-refractivity contribution in [2.75, 3.05) is 26.2 Å². The Bertz CT molecular complexity index is 127. The summed E-state index contributed by atoms with van der Waals surface area (Å²) in [4.78, 5) is 0. The predicted molar refractivity (Wildman–Crippen MR) is 90.5 cm³/mol. The molecule has 0 aliphatic heterocycles. The molecule has 0 aliphatic rings. The molecule has 0 rings (SSSR count). The molecule has 2 nitrogen and oxygen atoms in total. The van der Waals surface area contributed by atoms with Crippen LogP contribution in [0.15, 0.2) is 0 Å². The zero-order valence-corrected chi connectivity index (χ0v) is 15.3. The van der Waals surface area contributed by atoms with Crippen LogP contribution in [0.2, 0.25) is 0 Å². The predicted octanol–water partition coefficient (Wildman–Crippen LogP) is 5.29. The molecule has 0 amide bonds. The third-order valence-corrected chi connectivity index (χ3v) is 3.94. The number of nitrogens with zero attached hydrogens (tertiary/aromatic N) is 1. The van der Waals surface area contributed by atoms with Gasteiger partial charge in [-0.3, -0.25) is 0 Å². The van der Waals surface area contributed by atoms with Crippen LogP contribution in [0.4, 0.5) is 0 Å². The maximum atomic E-state index is 6.81. The molecule has 0 aromatic rings. The van der Waals surface area contributed by atoms with Crippen molar-refractivity contribution in [2.45, 2.75) is 79.1 Å². The van der Waals surface area contributed by atoms with Gasteiger partial charge >= 0.3 is 0 Å². The van der Waals surface area contributed by atoms with E-state index in [1.54, 1.807) is 0 Å². The summed E-state index contributed by atoms with van der Waals surface area (Å²) in [7, 11) is 0. The van der Waals surface area contributed by atoms with Crippen molar-refractivity contribution >= 4 is 16.3 Å². The Balaban J connectivity index is 0. The van der Waals surface area contributed by atoms with Crippen LogP contribution in [0, 0.1) is 0 Å². The summed E-state index contributed by atoms with van der Waals surface area (Å²) in [5.41, 5.74) is 0. The van der Waals surface area contributed by atoms with Gasteiger partial charge < -0.3 is 8.68 Å². The van der Waals surface area contributed by atoms with E-state index in [1.807, 2.05) is 16.3 Å². The van der Waals surface area contributed by atoms with Gasteiger partial charge in [-0.2, -0.15) is 0 Å². The minimum Gasteiger partial charge on any atom is -0.324 e. The minimum absolute atomic E-state index is 1.35. The maximum Gasteiger partial charge on any atom is 0.0957 e. The number of rotatable bonds is 12. The molecule has 0 unspecified atom stereocenters. The van der Waals surface area contributed by atoms with Crippen LogP contribution >= 0.6 is 16.3 Å². The van der Waals surface area contributed by atoms with Crippen molar-refractivity contribution in [3.8, 4) is 0 Å². The zero-order valence-electron chi connectivity index (χ0n) is 13.8. The van der Waals surface area contributed by atoms with Crippen LogP contribution < -0.4 is 0 Å². The molecule has 0 aliphatic carbocycles. The second-order valence-corrected chi connectivity index (χ2v) is 5.65. The first-order valence-electron chi connectivity index (χ1n) is 8.26. The lowest BCUT2D eigenvalue weighted by Crippen LogP contribution is -2.50. The summed E-state index contributed by atoms with van der Waals surface area (Å²) < 4.78 is 8.23. The summed E-state index contributed by atoms with van der Waals surface area (Å²) in [5.74, 6) is 0. The molecule has 0 fully saturated rings. The van der Waals surface area contributed by atoms with Crippen LogP contribution in [0.1, 0.15) is 79.1 Å². The van der Waals surface area contributed by atoms with Gasteiger partial charge in [0.25, 0.3) is 0 Å². The highest BCUT2D eigenvalue weighted by Crippen LogP contribution is 2.16. The fraction of sp³-hybridized carbons (Fsp3) is 1.00. The molecular weight excluding hydrogens is 302 g/mol. The zero-order chi connectivity index (χ0) is 15.0. The van der Waals surface area contributed by atoms with Crippen molar-refractivity contribution in [3.05, 3.63) is 0 Å². The monoisotopic (exact) mass is 338 g/mol. The molecule has 0 saturated carbocycles. The SMILES string of the molecule is CCCC[N+](CCCC)(CCCC)CCCC.OBr. The fourth-order valence-corrected chi connectivity index (χ4v) is 2.64. The van der Waals surface area contributed by atoms with E-state index in [0.29, 0.717) is 0 Å². The first kappa shape index (κ1) is 21.7. The largest absolute Gasteiger partial charge is 0.324 e. The standard InChI is InChI=1S/C16H36N.BrHO/c1-5-9-13-17(14-10-6-2,15-11-7-3)16-12-8-4;1-2/h5-16H2,1-4H3;2H/q+1;. The van der Waals surface area contributed by atoms with Crippen molar-refractivity contribution in [3.63, 3.8) is 0 Å². The maximum absolute atomic E-state index is 6.81. The van der Waals surface area contributed by atoms with Gasteiger partial charge in [-0.05, 0) is 25.7 Å². The van der Waals surface area contributed by atoms with Crippen LogP contribution in [0.25, 0.3) is 0 Å². The van der Waals surface area contributed by atoms with Gasteiger partial charge in [0.2, 0.25) is 0 Å². The Labute approximate surface area is 130 Å². The highest BCUT2D eigenvalue weighted by atomic mass is 79.9. The molecule has 0 aromatic heterocycles. The highest BCUT2D eigenvalue weighted by Gasteiger charge is 2.24. The average molecular weight is 339 g/mol. The second-order valence-electron chi connectivity index (χ2n) is 5.65. The highest BCUT2D eigenvalue weighted by molar-refractivity contribution is 9.05. The van der Waals surface area contributed by atoms with Crippen molar-refractivity contribution in [1.29, 1.82) is 0 Å². The van der Waals surface area contributed by atoms with Gasteiger partial charge in [-0.1, -0.05) is 53.4 Å². The fourth-order valence-electron chi connectivity index (χ4n) is 2.64. The van der Waals surface area contributed by atoms with E-state index >= 15 is 0 Å².